The second kappa shape index (κ2) is 4.92. The monoisotopic (exact) mass is 251 g/mol. The molecule has 0 saturated heterocycles. The lowest BCUT2D eigenvalue weighted by Crippen LogP contribution is -2.08. The van der Waals surface area contributed by atoms with Crippen molar-refractivity contribution in [3.63, 3.8) is 0 Å². The Hall–Kier alpha value is -1.14. The zero-order chi connectivity index (χ0) is 10.6. The number of nitrogens with zero attached hydrogens (tertiary/aromatic N) is 1. The molecule has 3 heteroatoms. The third kappa shape index (κ3) is 2.43. The van der Waals surface area contributed by atoms with Gasteiger partial charge in [0, 0.05) is 10.9 Å². The molecule has 14 heavy (non-hydrogen) atoms. The van der Waals surface area contributed by atoms with Gasteiger partial charge in [0.25, 0.3) is 0 Å². The number of Topliss-reactive ketones (excluding diaryl/α,β-unsaturated/α-hetero) is 1. The van der Waals surface area contributed by atoms with Gasteiger partial charge < -0.3 is 0 Å². The summed E-state index contributed by atoms with van der Waals surface area (Å²) in [5.74, 6) is -0.650. The van der Waals surface area contributed by atoms with Crippen molar-refractivity contribution in [2.75, 3.05) is 0 Å². The molecule has 0 amide bonds. The lowest BCUT2D eigenvalue weighted by molar-refractivity contribution is -0.119. The van der Waals surface area contributed by atoms with Crippen LogP contribution in [0.2, 0.25) is 0 Å². The standard InChI is InChI=1S/C11H10BrNO/c1-2-11(14)10(7-13)8-3-5-9(12)6-4-8/h3-6,10H,2H2,1H3/t10-/m0/s1. The quantitative estimate of drug-likeness (QED) is 0.829. The molecule has 1 aromatic rings. The fraction of sp³-hybridized carbons (Fsp3) is 0.273. The van der Waals surface area contributed by atoms with Gasteiger partial charge >= 0.3 is 0 Å². The fourth-order valence-electron chi connectivity index (χ4n) is 1.19. The van der Waals surface area contributed by atoms with Gasteiger partial charge in [-0.3, -0.25) is 4.79 Å². The number of carbonyl (C=O) groups excluding carboxylic acids is 1. The summed E-state index contributed by atoms with van der Waals surface area (Å²) in [5.41, 5.74) is 0.766. The first-order valence-electron chi connectivity index (χ1n) is 4.36. The third-order valence-corrected chi connectivity index (χ3v) is 2.53. The van der Waals surface area contributed by atoms with E-state index in [1.54, 1.807) is 19.1 Å². The maximum atomic E-state index is 11.4. The highest BCUT2D eigenvalue weighted by molar-refractivity contribution is 9.10. The van der Waals surface area contributed by atoms with E-state index in [1.807, 2.05) is 18.2 Å². The van der Waals surface area contributed by atoms with E-state index in [0.29, 0.717) is 6.42 Å². The number of ketones is 1. The van der Waals surface area contributed by atoms with Crippen molar-refractivity contribution < 1.29 is 4.79 Å². The molecule has 0 heterocycles. The molecule has 0 saturated carbocycles. The molecule has 0 aliphatic carbocycles. The first-order chi connectivity index (χ1) is 6.69. The highest BCUT2D eigenvalue weighted by atomic mass is 79.9. The summed E-state index contributed by atoms with van der Waals surface area (Å²) >= 11 is 3.30. The highest BCUT2D eigenvalue weighted by Gasteiger charge is 2.17. The van der Waals surface area contributed by atoms with Crippen molar-refractivity contribution in [3.05, 3.63) is 34.3 Å². The normalized spacial score (nSPS) is 11.8. The molecule has 0 spiro atoms. The van der Waals surface area contributed by atoms with Crippen LogP contribution < -0.4 is 0 Å². The Bertz CT molecular complexity index is 364. The van der Waals surface area contributed by atoms with Gasteiger partial charge in [0.1, 0.15) is 5.92 Å². The molecule has 0 N–H and O–H groups in total. The molecule has 0 unspecified atom stereocenters. The van der Waals surface area contributed by atoms with Crippen LogP contribution in [0.3, 0.4) is 0 Å². The highest BCUT2D eigenvalue weighted by Crippen LogP contribution is 2.19. The van der Waals surface area contributed by atoms with Gasteiger partial charge in [-0.15, -0.1) is 0 Å². The molecule has 72 valence electrons. The minimum atomic E-state index is -0.618. The van der Waals surface area contributed by atoms with E-state index in [-0.39, 0.29) is 5.78 Å². The lowest BCUT2D eigenvalue weighted by atomic mass is 9.95. The van der Waals surface area contributed by atoms with Gasteiger partial charge in [-0.1, -0.05) is 35.0 Å². The number of carbonyl (C=O) groups is 1. The molecule has 1 rings (SSSR count). The van der Waals surface area contributed by atoms with E-state index in [0.717, 1.165) is 10.0 Å². The summed E-state index contributed by atoms with van der Waals surface area (Å²) in [4.78, 5) is 11.4. The number of hydrogen-bond donors (Lipinski definition) is 0. The Morgan fingerprint density at radius 3 is 2.50 bits per heavy atom. The van der Waals surface area contributed by atoms with E-state index in [1.165, 1.54) is 0 Å². The minimum absolute atomic E-state index is 0.0326. The molecule has 0 bridgehead atoms. The van der Waals surface area contributed by atoms with Crippen LogP contribution >= 0.6 is 15.9 Å². The van der Waals surface area contributed by atoms with Crippen molar-refractivity contribution in [2.24, 2.45) is 0 Å². The maximum Gasteiger partial charge on any atom is 0.154 e. The summed E-state index contributed by atoms with van der Waals surface area (Å²) in [6.45, 7) is 1.77. The third-order valence-electron chi connectivity index (χ3n) is 2.00. The predicted molar refractivity (Wildman–Crippen MR) is 57.8 cm³/mol. The zero-order valence-electron chi connectivity index (χ0n) is 7.83. The van der Waals surface area contributed by atoms with Crippen molar-refractivity contribution in [3.8, 4) is 6.07 Å². The summed E-state index contributed by atoms with van der Waals surface area (Å²) in [7, 11) is 0. The maximum absolute atomic E-state index is 11.4. The van der Waals surface area contributed by atoms with Crippen molar-refractivity contribution in [1.29, 1.82) is 5.26 Å². The van der Waals surface area contributed by atoms with Crippen molar-refractivity contribution >= 4 is 21.7 Å². The van der Waals surface area contributed by atoms with Crippen molar-refractivity contribution in [2.45, 2.75) is 19.3 Å². The number of halogens is 1. The zero-order valence-corrected chi connectivity index (χ0v) is 9.41. The molecule has 0 aromatic heterocycles. The second-order valence-electron chi connectivity index (χ2n) is 2.93. The molecule has 0 radical (unpaired) electrons. The van der Waals surface area contributed by atoms with Crippen LogP contribution in [-0.4, -0.2) is 5.78 Å². The van der Waals surface area contributed by atoms with Crippen LogP contribution in [0.4, 0.5) is 0 Å². The summed E-state index contributed by atoms with van der Waals surface area (Å²) in [6.07, 6.45) is 0.397. The van der Waals surface area contributed by atoms with E-state index in [9.17, 15) is 4.79 Å². The Morgan fingerprint density at radius 2 is 2.07 bits per heavy atom. The minimum Gasteiger partial charge on any atom is -0.298 e. The Balaban J connectivity index is 2.97. The van der Waals surface area contributed by atoms with Gasteiger partial charge in [-0.25, -0.2) is 0 Å². The van der Waals surface area contributed by atoms with E-state index >= 15 is 0 Å². The van der Waals surface area contributed by atoms with Crippen LogP contribution in [0.25, 0.3) is 0 Å². The van der Waals surface area contributed by atoms with Gasteiger partial charge in [0.2, 0.25) is 0 Å². The van der Waals surface area contributed by atoms with Crippen LogP contribution in [0.5, 0.6) is 0 Å². The van der Waals surface area contributed by atoms with Crippen molar-refractivity contribution in [1.82, 2.24) is 0 Å². The summed E-state index contributed by atoms with van der Waals surface area (Å²) in [6, 6.07) is 9.29. The molecule has 0 aliphatic rings. The number of nitriles is 1. The van der Waals surface area contributed by atoms with E-state index in [2.05, 4.69) is 15.9 Å². The van der Waals surface area contributed by atoms with Gasteiger partial charge in [0.05, 0.1) is 6.07 Å². The van der Waals surface area contributed by atoms with Crippen LogP contribution in [-0.2, 0) is 4.79 Å². The van der Waals surface area contributed by atoms with Crippen LogP contribution in [0.15, 0.2) is 28.7 Å². The van der Waals surface area contributed by atoms with Gasteiger partial charge in [-0.05, 0) is 17.7 Å². The average molecular weight is 252 g/mol. The topological polar surface area (TPSA) is 40.9 Å². The summed E-state index contributed by atoms with van der Waals surface area (Å²) < 4.78 is 0.946. The van der Waals surface area contributed by atoms with Gasteiger partial charge in [-0.2, -0.15) is 5.26 Å². The molecular weight excluding hydrogens is 242 g/mol. The molecule has 0 aliphatic heterocycles. The number of benzene rings is 1. The van der Waals surface area contributed by atoms with E-state index in [4.69, 9.17) is 5.26 Å². The Labute approximate surface area is 91.7 Å². The second-order valence-corrected chi connectivity index (χ2v) is 3.85. The Morgan fingerprint density at radius 1 is 1.50 bits per heavy atom. The smallest absolute Gasteiger partial charge is 0.154 e. The van der Waals surface area contributed by atoms with Crippen LogP contribution in [0, 0.1) is 11.3 Å². The molecule has 2 nitrogen and oxygen atoms in total. The molecule has 0 fully saturated rings. The Kier molecular flexibility index (Phi) is 3.84. The molecule has 1 aromatic carbocycles. The molecule has 1 atom stereocenters. The van der Waals surface area contributed by atoms with Gasteiger partial charge in [0.15, 0.2) is 5.78 Å². The molecular formula is C11H10BrNO. The first kappa shape index (κ1) is 10.9. The SMILES string of the molecule is CCC(=O)[C@@H](C#N)c1ccc(Br)cc1. The van der Waals surface area contributed by atoms with E-state index < -0.39 is 5.92 Å². The predicted octanol–water partition coefficient (Wildman–Crippen LogP) is 3.04. The fourth-order valence-corrected chi connectivity index (χ4v) is 1.46. The first-order valence-corrected chi connectivity index (χ1v) is 5.16. The number of rotatable bonds is 3. The number of hydrogen-bond acceptors (Lipinski definition) is 2. The van der Waals surface area contributed by atoms with Crippen LogP contribution in [0.1, 0.15) is 24.8 Å². The average Bonchev–Trinajstić information content (AvgIpc) is 2.21. The largest absolute Gasteiger partial charge is 0.298 e. The lowest BCUT2D eigenvalue weighted by Gasteiger charge is -2.06. The summed E-state index contributed by atoms with van der Waals surface area (Å²) in [5, 5.41) is 8.87.